The Bertz CT molecular complexity index is 443. The van der Waals surface area contributed by atoms with Crippen LogP contribution in [0.15, 0.2) is 27.3 Å². The maximum atomic E-state index is 4.47. The molecule has 68 valence electrons. The maximum Gasteiger partial charge on any atom is 0.0365 e. The molecule has 1 heterocycles. The summed E-state index contributed by atoms with van der Waals surface area (Å²) in [6.45, 7) is 2.13. The highest BCUT2D eigenvalue weighted by Gasteiger charge is 2.07. The average molecular weight is 226 g/mol. The van der Waals surface area contributed by atoms with Crippen molar-refractivity contribution in [1.82, 2.24) is 0 Å². The van der Waals surface area contributed by atoms with Crippen molar-refractivity contribution in [3.05, 3.63) is 23.1 Å². The summed E-state index contributed by atoms with van der Waals surface area (Å²) in [7, 11) is 0. The first-order valence-electron chi connectivity index (χ1n) is 3.98. The number of hydrogen-bond acceptors (Lipinski definition) is 3. The van der Waals surface area contributed by atoms with Gasteiger partial charge in [-0.3, -0.25) is 0 Å². The lowest BCUT2D eigenvalue weighted by Crippen LogP contribution is -1.81. The molecule has 0 aliphatic rings. The zero-order chi connectivity index (χ0) is 9.42. The summed E-state index contributed by atoms with van der Waals surface area (Å²) in [4.78, 5) is 2.46. The fourth-order valence-electron chi connectivity index (χ4n) is 1.43. The van der Waals surface area contributed by atoms with Gasteiger partial charge in [0.2, 0.25) is 0 Å². The summed E-state index contributed by atoms with van der Waals surface area (Å²) in [5.74, 6) is 0. The predicted molar refractivity (Wildman–Crippen MR) is 65.6 cm³/mol. The molecule has 0 nitrogen and oxygen atoms in total. The van der Waals surface area contributed by atoms with Crippen molar-refractivity contribution in [2.24, 2.45) is 0 Å². The Morgan fingerprint density at radius 1 is 1.46 bits per heavy atom. The van der Waals surface area contributed by atoms with Crippen LogP contribution in [0.3, 0.4) is 0 Å². The van der Waals surface area contributed by atoms with Gasteiger partial charge in [0.15, 0.2) is 0 Å². The SMILES string of the molecule is CSc1c(C)c(S)cc2sccc12. The molecule has 3 heteroatoms. The molecule has 1 aromatic carbocycles. The van der Waals surface area contributed by atoms with Crippen LogP contribution in [0.2, 0.25) is 0 Å². The molecule has 0 fully saturated rings. The number of hydrogen-bond donors (Lipinski definition) is 1. The highest BCUT2D eigenvalue weighted by Crippen LogP contribution is 2.36. The molecule has 0 saturated carbocycles. The summed E-state index contributed by atoms with van der Waals surface area (Å²) in [5.41, 5.74) is 1.29. The van der Waals surface area contributed by atoms with Gasteiger partial charge in [-0.25, -0.2) is 0 Å². The fraction of sp³-hybridized carbons (Fsp3) is 0.200. The first kappa shape index (κ1) is 9.44. The van der Waals surface area contributed by atoms with Gasteiger partial charge < -0.3 is 0 Å². The summed E-state index contributed by atoms with van der Waals surface area (Å²) in [6.07, 6.45) is 2.12. The second-order valence-corrected chi connectivity index (χ2v) is 5.13. The zero-order valence-corrected chi connectivity index (χ0v) is 10.0. The molecule has 0 atom stereocenters. The molecule has 0 spiro atoms. The first-order chi connectivity index (χ1) is 6.24. The Morgan fingerprint density at radius 3 is 2.92 bits per heavy atom. The number of thiol groups is 1. The average Bonchev–Trinajstić information content (AvgIpc) is 2.54. The molecule has 0 aliphatic carbocycles. The number of thioether (sulfide) groups is 1. The van der Waals surface area contributed by atoms with Crippen molar-refractivity contribution >= 4 is 45.8 Å². The Kier molecular flexibility index (Phi) is 2.58. The maximum absolute atomic E-state index is 4.47. The molecule has 0 radical (unpaired) electrons. The largest absolute Gasteiger partial charge is 0.144 e. The van der Waals surface area contributed by atoms with Crippen molar-refractivity contribution in [3.8, 4) is 0 Å². The summed E-state index contributed by atoms with van der Waals surface area (Å²) in [5, 5.41) is 3.50. The van der Waals surface area contributed by atoms with E-state index < -0.39 is 0 Å². The minimum atomic E-state index is 1.10. The molecule has 0 unspecified atom stereocenters. The fourth-order valence-corrected chi connectivity index (χ4v) is 3.55. The van der Waals surface area contributed by atoms with Crippen molar-refractivity contribution in [3.63, 3.8) is 0 Å². The van der Waals surface area contributed by atoms with E-state index in [9.17, 15) is 0 Å². The van der Waals surface area contributed by atoms with Gasteiger partial charge in [0.25, 0.3) is 0 Å². The highest BCUT2D eigenvalue weighted by molar-refractivity contribution is 7.99. The molecule has 2 aromatic rings. The third kappa shape index (κ3) is 1.49. The van der Waals surface area contributed by atoms with Crippen LogP contribution in [0.1, 0.15) is 5.56 Å². The lowest BCUT2D eigenvalue weighted by atomic mass is 10.2. The van der Waals surface area contributed by atoms with Gasteiger partial charge in [0.1, 0.15) is 0 Å². The third-order valence-electron chi connectivity index (χ3n) is 2.14. The van der Waals surface area contributed by atoms with Crippen LogP contribution in [0.5, 0.6) is 0 Å². The lowest BCUT2D eigenvalue weighted by molar-refractivity contribution is 1.24. The Hall–Kier alpha value is -0.120. The summed E-state index contributed by atoms with van der Waals surface area (Å²) < 4.78 is 1.33. The molecule has 1 aromatic heterocycles. The topological polar surface area (TPSA) is 0 Å². The van der Waals surface area contributed by atoms with Crippen molar-refractivity contribution in [2.75, 3.05) is 6.26 Å². The quantitative estimate of drug-likeness (QED) is 0.561. The monoisotopic (exact) mass is 226 g/mol. The lowest BCUT2D eigenvalue weighted by Gasteiger charge is -2.06. The Labute approximate surface area is 91.8 Å². The van der Waals surface area contributed by atoms with E-state index in [1.807, 2.05) is 0 Å². The van der Waals surface area contributed by atoms with Crippen LogP contribution in [0.4, 0.5) is 0 Å². The molecule has 0 bridgehead atoms. The van der Waals surface area contributed by atoms with Crippen LogP contribution in [-0.2, 0) is 0 Å². The second kappa shape index (κ2) is 3.56. The Morgan fingerprint density at radius 2 is 2.23 bits per heavy atom. The van der Waals surface area contributed by atoms with Gasteiger partial charge in [0, 0.05) is 19.9 Å². The van der Waals surface area contributed by atoms with Gasteiger partial charge in [-0.15, -0.1) is 35.7 Å². The first-order valence-corrected chi connectivity index (χ1v) is 6.53. The summed E-state index contributed by atoms with van der Waals surface area (Å²) in [6, 6.07) is 4.34. The van der Waals surface area contributed by atoms with Gasteiger partial charge >= 0.3 is 0 Å². The summed E-state index contributed by atoms with van der Waals surface area (Å²) >= 11 is 8.04. The molecular weight excluding hydrogens is 216 g/mol. The minimum absolute atomic E-state index is 1.10. The van der Waals surface area contributed by atoms with Crippen molar-refractivity contribution < 1.29 is 0 Å². The molecule has 0 N–H and O–H groups in total. The van der Waals surface area contributed by atoms with Gasteiger partial charge in [-0.2, -0.15) is 0 Å². The second-order valence-electron chi connectivity index (χ2n) is 2.89. The van der Waals surface area contributed by atoms with E-state index in [0.717, 1.165) is 4.90 Å². The van der Waals surface area contributed by atoms with E-state index in [0.29, 0.717) is 0 Å². The van der Waals surface area contributed by atoms with Crippen molar-refractivity contribution in [2.45, 2.75) is 16.7 Å². The van der Waals surface area contributed by atoms with Gasteiger partial charge in [-0.1, -0.05) is 0 Å². The highest BCUT2D eigenvalue weighted by atomic mass is 32.2. The van der Waals surface area contributed by atoms with Crippen LogP contribution < -0.4 is 0 Å². The van der Waals surface area contributed by atoms with E-state index in [2.05, 4.69) is 43.3 Å². The van der Waals surface area contributed by atoms with Gasteiger partial charge in [0.05, 0.1) is 0 Å². The predicted octanol–water partition coefficient (Wildman–Crippen LogP) is 4.22. The van der Waals surface area contributed by atoms with E-state index in [1.54, 1.807) is 23.1 Å². The molecule has 2 rings (SSSR count). The van der Waals surface area contributed by atoms with E-state index in [1.165, 1.54) is 20.5 Å². The van der Waals surface area contributed by atoms with E-state index >= 15 is 0 Å². The molecule has 0 aliphatic heterocycles. The molecular formula is C10H10S3. The van der Waals surface area contributed by atoms with Crippen molar-refractivity contribution in [1.29, 1.82) is 0 Å². The number of fused-ring (bicyclic) bond motifs is 1. The normalized spacial score (nSPS) is 11.0. The van der Waals surface area contributed by atoms with E-state index in [-0.39, 0.29) is 0 Å². The number of thiophene rings is 1. The van der Waals surface area contributed by atoms with E-state index in [4.69, 9.17) is 0 Å². The molecule has 13 heavy (non-hydrogen) atoms. The van der Waals surface area contributed by atoms with Gasteiger partial charge in [-0.05, 0) is 36.3 Å². The number of benzene rings is 1. The Balaban J connectivity index is 2.87. The van der Waals surface area contributed by atoms with Crippen LogP contribution >= 0.6 is 35.7 Å². The smallest absolute Gasteiger partial charge is 0.0365 e. The number of rotatable bonds is 1. The third-order valence-corrected chi connectivity index (χ3v) is 4.40. The van der Waals surface area contributed by atoms with Crippen LogP contribution in [0, 0.1) is 6.92 Å². The van der Waals surface area contributed by atoms with Crippen LogP contribution in [0.25, 0.3) is 10.1 Å². The zero-order valence-electron chi connectivity index (χ0n) is 7.50. The molecule has 0 saturated heterocycles. The van der Waals surface area contributed by atoms with Crippen LogP contribution in [-0.4, -0.2) is 6.26 Å². The standard InChI is InChI=1S/C10H10S3/c1-6-8(11)5-9-7(3-4-13-9)10(6)12-2/h3-5,11H,1-2H3. The minimum Gasteiger partial charge on any atom is -0.144 e. The molecule has 0 amide bonds.